The van der Waals surface area contributed by atoms with E-state index in [9.17, 15) is 0 Å². The highest BCUT2D eigenvalue weighted by molar-refractivity contribution is 7.12. The summed E-state index contributed by atoms with van der Waals surface area (Å²) in [7, 11) is 0. The second-order valence-corrected chi connectivity index (χ2v) is 6.32. The van der Waals surface area contributed by atoms with E-state index in [0.717, 1.165) is 28.4 Å². The number of alkyl halides is 1. The lowest BCUT2D eigenvalue weighted by atomic mass is 10.1. The number of fused-ring (bicyclic) bond motifs is 1. The van der Waals surface area contributed by atoms with Gasteiger partial charge in [-0.25, -0.2) is 0 Å². The van der Waals surface area contributed by atoms with Crippen molar-refractivity contribution in [2.24, 2.45) is 0 Å². The Morgan fingerprint density at radius 1 is 1.11 bits per heavy atom. The second-order valence-electron chi connectivity index (χ2n) is 4.57. The van der Waals surface area contributed by atoms with Gasteiger partial charge in [0.1, 0.15) is 0 Å². The number of thiophene rings is 1. The zero-order valence-corrected chi connectivity index (χ0v) is 12.3. The fourth-order valence-electron chi connectivity index (χ4n) is 2.09. The van der Waals surface area contributed by atoms with Crippen LogP contribution in [0, 0.1) is 6.92 Å². The van der Waals surface area contributed by atoms with Crippen LogP contribution in [0.3, 0.4) is 0 Å². The highest BCUT2D eigenvalue weighted by Gasteiger charge is 2.17. The quantitative estimate of drug-likeness (QED) is 0.757. The molecular weight excluding hydrogens is 280 g/mol. The zero-order valence-electron chi connectivity index (χ0n) is 10.7. The fourth-order valence-corrected chi connectivity index (χ4v) is 3.32. The van der Waals surface area contributed by atoms with Gasteiger partial charge in [-0.15, -0.1) is 22.9 Å². The summed E-state index contributed by atoms with van der Waals surface area (Å²) in [5, 5.41) is -0.129. The van der Waals surface area contributed by atoms with Crippen LogP contribution in [0.2, 0.25) is 0 Å². The molecule has 2 aromatic rings. The molecule has 0 amide bonds. The van der Waals surface area contributed by atoms with E-state index in [-0.39, 0.29) is 5.38 Å². The standard InChI is InChI=1S/C15H15ClO2S/c1-10-3-6-14(19-10)15(16)11-4-5-12-13(9-11)18-8-2-7-17-12/h3-6,9,15H,2,7-8H2,1H3. The molecule has 0 bridgehead atoms. The minimum Gasteiger partial charge on any atom is -0.490 e. The van der Waals surface area contributed by atoms with Gasteiger partial charge in [-0.3, -0.25) is 0 Å². The fraction of sp³-hybridized carbons (Fsp3) is 0.333. The molecular formula is C15H15ClO2S. The Kier molecular flexibility index (Phi) is 3.67. The molecule has 19 heavy (non-hydrogen) atoms. The number of hydrogen-bond acceptors (Lipinski definition) is 3. The Labute approximate surface area is 121 Å². The average molecular weight is 295 g/mol. The summed E-state index contributed by atoms with van der Waals surface area (Å²) in [5.41, 5.74) is 1.05. The van der Waals surface area contributed by atoms with Crippen LogP contribution in [-0.2, 0) is 0 Å². The highest BCUT2D eigenvalue weighted by atomic mass is 35.5. The third-order valence-corrected chi connectivity index (χ3v) is 4.76. The highest BCUT2D eigenvalue weighted by Crippen LogP contribution is 2.38. The Hall–Kier alpha value is -1.19. The molecule has 0 aliphatic carbocycles. The molecule has 1 aromatic heterocycles. The van der Waals surface area contributed by atoms with Gasteiger partial charge in [0, 0.05) is 16.2 Å². The Bertz CT molecular complexity index is 579. The maximum Gasteiger partial charge on any atom is 0.161 e. The lowest BCUT2D eigenvalue weighted by molar-refractivity contribution is 0.297. The molecule has 0 saturated carbocycles. The van der Waals surface area contributed by atoms with Crippen molar-refractivity contribution in [1.82, 2.24) is 0 Å². The van der Waals surface area contributed by atoms with Crippen LogP contribution in [0.5, 0.6) is 11.5 Å². The monoisotopic (exact) mass is 294 g/mol. The summed E-state index contributed by atoms with van der Waals surface area (Å²) in [6, 6.07) is 10.1. The van der Waals surface area contributed by atoms with E-state index < -0.39 is 0 Å². The van der Waals surface area contributed by atoms with Gasteiger partial charge < -0.3 is 9.47 Å². The first-order chi connectivity index (χ1) is 9.24. The Morgan fingerprint density at radius 2 is 1.89 bits per heavy atom. The van der Waals surface area contributed by atoms with Crippen molar-refractivity contribution < 1.29 is 9.47 Å². The molecule has 0 radical (unpaired) electrons. The number of benzene rings is 1. The number of hydrogen-bond donors (Lipinski definition) is 0. The molecule has 0 fully saturated rings. The van der Waals surface area contributed by atoms with Gasteiger partial charge in [0.15, 0.2) is 11.5 Å². The minimum atomic E-state index is -0.129. The van der Waals surface area contributed by atoms with Crippen molar-refractivity contribution in [3.63, 3.8) is 0 Å². The van der Waals surface area contributed by atoms with Crippen LogP contribution in [0.1, 0.15) is 27.1 Å². The van der Waals surface area contributed by atoms with E-state index in [1.807, 2.05) is 18.2 Å². The van der Waals surface area contributed by atoms with Crippen LogP contribution < -0.4 is 9.47 Å². The van der Waals surface area contributed by atoms with Crippen LogP contribution >= 0.6 is 22.9 Å². The summed E-state index contributed by atoms with van der Waals surface area (Å²) in [6.07, 6.45) is 0.915. The van der Waals surface area contributed by atoms with Crippen molar-refractivity contribution in [2.75, 3.05) is 13.2 Å². The largest absolute Gasteiger partial charge is 0.490 e. The van der Waals surface area contributed by atoms with Crippen LogP contribution in [-0.4, -0.2) is 13.2 Å². The SMILES string of the molecule is Cc1ccc(C(Cl)c2ccc3c(c2)OCCCO3)s1. The molecule has 1 aliphatic rings. The third-order valence-electron chi connectivity index (χ3n) is 3.08. The predicted octanol–water partition coefficient (Wildman–Crippen LogP) is 4.55. The average Bonchev–Trinajstić information content (AvgIpc) is 2.72. The van der Waals surface area contributed by atoms with Crippen molar-refractivity contribution >= 4 is 22.9 Å². The van der Waals surface area contributed by atoms with Gasteiger partial charge >= 0.3 is 0 Å². The second kappa shape index (κ2) is 5.43. The summed E-state index contributed by atoms with van der Waals surface area (Å²) < 4.78 is 11.3. The molecule has 1 aliphatic heterocycles. The Balaban J connectivity index is 1.91. The maximum absolute atomic E-state index is 6.54. The van der Waals surface area contributed by atoms with E-state index in [4.69, 9.17) is 21.1 Å². The molecule has 0 N–H and O–H groups in total. The van der Waals surface area contributed by atoms with E-state index in [2.05, 4.69) is 19.1 Å². The summed E-state index contributed by atoms with van der Waals surface area (Å²) in [6.45, 7) is 3.49. The van der Waals surface area contributed by atoms with Crippen molar-refractivity contribution in [3.8, 4) is 11.5 Å². The first-order valence-corrected chi connectivity index (χ1v) is 7.59. The number of aryl methyl sites for hydroxylation is 1. The molecule has 1 aromatic carbocycles. The molecule has 4 heteroatoms. The van der Waals surface area contributed by atoms with Crippen molar-refractivity contribution in [2.45, 2.75) is 18.7 Å². The lowest BCUT2D eigenvalue weighted by Gasteiger charge is -2.12. The number of halogens is 1. The van der Waals surface area contributed by atoms with E-state index in [0.29, 0.717) is 13.2 Å². The molecule has 0 saturated heterocycles. The van der Waals surface area contributed by atoms with Crippen LogP contribution in [0.4, 0.5) is 0 Å². The summed E-state index contributed by atoms with van der Waals surface area (Å²) in [5.74, 6) is 1.61. The Morgan fingerprint density at radius 3 is 2.63 bits per heavy atom. The molecule has 1 unspecified atom stereocenters. The topological polar surface area (TPSA) is 18.5 Å². The molecule has 2 nitrogen and oxygen atoms in total. The molecule has 3 rings (SSSR count). The predicted molar refractivity (Wildman–Crippen MR) is 78.8 cm³/mol. The molecule has 1 atom stereocenters. The zero-order chi connectivity index (χ0) is 13.2. The normalized spacial score (nSPS) is 15.9. The van der Waals surface area contributed by atoms with Gasteiger partial charge in [-0.05, 0) is 36.8 Å². The van der Waals surface area contributed by atoms with E-state index >= 15 is 0 Å². The van der Waals surface area contributed by atoms with Crippen LogP contribution in [0.25, 0.3) is 0 Å². The van der Waals surface area contributed by atoms with E-state index in [1.54, 1.807) is 11.3 Å². The smallest absolute Gasteiger partial charge is 0.161 e. The maximum atomic E-state index is 6.54. The minimum absolute atomic E-state index is 0.129. The molecule has 2 heterocycles. The van der Waals surface area contributed by atoms with Gasteiger partial charge in [-0.2, -0.15) is 0 Å². The first-order valence-electron chi connectivity index (χ1n) is 6.34. The van der Waals surface area contributed by atoms with Gasteiger partial charge in [-0.1, -0.05) is 6.07 Å². The molecule has 0 spiro atoms. The van der Waals surface area contributed by atoms with Crippen molar-refractivity contribution in [1.29, 1.82) is 0 Å². The van der Waals surface area contributed by atoms with Crippen molar-refractivity contribution in [3.05, 3.63) is 45.6 Å². The number of ether oxygens (including phenoxy) is 2. The van der Waals surface area contributed by atoms with Crippen LogP contribution in [0.15, 0.2) is 30.3 Å². The number of rotatable bonds is 2. The van der Waals surface area contributed by atoms with Gasteiger partial charge in [0.05, 0.1) is 18.6 Å². The molecule has 100 valence electrons. The van der Waals surface area contributed by atoms with Gasteiger partial charge in [0.25, 0.3) is 0 Å². The van der Waals surface area contributed by atoms with Gasteiger partial charge in [0.2, 0.25) is 0 Å². The third kappa shape index (κ3) is 2.72. The summed E-state index contributed by atoms with van der Waals surface area (Å²) >= 11 is 8.27. The first kappa shape index (κ1) is 12.8. The summed E-state index contributed by atoms with van der Waals surface area (Å²) in [4.78, 5) is 2.43. The van der Waals surface area contributed by atoms with E-state index in [1.165, 1.54) is 4.88 Å². The lowest BCUT2D eigenvalue weighted by Crippen LogP contribution is -1.97.